The van der Waals surface area contributed by atoms with Crippen molar-refractivity contribution in [3.8, 4) is 0 Å². The number of benzene rings is 1. The monoisotopic (exact) mass is 352 g/mol. The first-order valence-electron chi connectivity index (χ1n) is 5.94. The Labute approximate surface area is 121 Å². The Morgan fingerprint density at radius 1 is 1.11 bits per heavy atom. The zero-order valence-electron chi connectivity index (χ0n) is 10.6. The molecule has 0 radical (unpaired) electrons. The van der Waals surface area contributed by atoms with E-state index in [4.69, 9.17) is 9.05 Å². The van der Waals surface area contributed by atoms with Crippen molar-refractivity contribution in [2.45, 2.75) is 31.6 Å². The molecule has 0 atom stereocenters. The summed E-state index contributed by atoms with van der Waals surface area (Å²) in [6, 6.07) is 7.61. The van der Waals surface area contributed by atoms with Crippen LogP contribution in [-0.4, -0.2) is 13.2 Å². The van der Waals surface area contributed by atoms with Crippen LogP contribution in [0.1, 0.15) is 26.7 Å². The minimum absolute atomic E-state index is 0.449. The molecule has 102 valence electrons. The van der Waals surface area contributed by atoms with Crippen molar-refractivity contribution < 1.29 is 13.6 Å². The molecule has 0 N–H and O–H groups in total. The van der Waals surface area contributed by atoms with Crippen LogP contribution in [0.2, 0.25) is 0 Å². The fourth-order valence-corrected chi connectivity index (χ4v) is 4.80. The average Bonchev–Trinajstić information content (AvgIpc) is 2.37. The van der Waals surface area contributed by atoms with Gasteiger partial charge in [0.15, 0.2) is 0 Å². The molecule has 0 unspecified atom stereocenters. The van der Waals surface area contributed by atoms with Gasteiger partial charge in [-0.15, -0.1) is 0 Å². The quantitative estimate of drug-likeness (QED) is 0.578. The normalized spacial score (nSPS) is 11.7. The van der Waals surface area contributed by atoms with Gasteiger partial charge in [0.2, 0.25) is 0 Å². The maximum Gasteiger partial charge on any atom is 0.393 e. The lowest BCUT2D eigenvalue weighted by molar-refractivity contribution is 0.220. The molecule has 0 aliphatic rings. The summed E-state index contributed by atoms with van der Waals surface area (Å²) < 4.78 is 24.3. The van der Waals surface area contributed by atoms with Gasteiger partial charge in [0.1, 0.15) is 0 Å². The summed E-state index contributed by atoms with van der Waals surface area (Å²) in [4.78, 5) is 0.883. The van der Waals surface area contributed by atoms with Gasteiger partial charge >= 0.3 is 6.80 Å². The molecule has 1 aromatic rings. The molecule has 0 aromatic heterocycles. The maximum absolute atomic E-state index is 12.5. The molecule has 0 fully saturated rings. The molecule has 0 aliphatic heterocycles. The van der Waals surface area contributed by atoms with E-state index >= 15 is 0 Å². The SMILES string of the molecule is CCCOP(=O)(OCCC)Sc1ccc(Br)cc1. The second-order valence-corrected chi connectivity index (χ2v) is 8.53. The van der Waals surface area contributed by atoms with Gasteiger partial charge in [-0.25, -0.2) is 4.57 Å². The topological polar surface area (TPSA) is 35.5 Å². The predicted octanol–water partition coefficient (Wildman–Crippen LogP) is 5.50. The van der Waals surface area contributed by atoms with Gasteiger partial charge in [-0.2, -0.15) is 0 Å². The number of rotatable bonds is 8. The van der Waals surface area contributed by atoms with Crippen molar-refractivity contribution >= 4 is 34.1 Å². The van der Waals surface area contributed by atoms with Crippen LogP contribution in [0.15, 0.2) is 33.6 Å². The smallest absolute Gasteiger partial charge is 0.301 e. The highest BCUT2D eigenvalue weighted by molar-refractivity contribution is 9.10. The molecule has 0 aliphatic carbocycles. The van der Waals surface area contributed by atoms with Gasteiger partial charge in [0.05, 0.1) is 13.2 Å². The highest BCUT2D eigenvalue weighted by Crippen LogP contribution is 2.63. The molecule has 3 nitrogen and oxygen atoms in total. The van der Waals surface area contributed by atoms with Crippen LogP contribution in [0.5, 0.6) is 0 Å². The molecule has 0 saturated carbocycles. The highest BCUT2D eigenvalue weighted by Gasteiger charge is 2.26. The zero-order chi connectivity index (χ0) is 13.4. The third kappa shape index (κ3) is 5.89. The molecule has 1 rings (SSSR count). The minimum atomic E-state index is -3.09. The van der Waals surface area contributed by atoms with Crippen LogP contribution in [0.25, 0.3) is 0 Å². The van der Waals surface area contributed by atoms with Crippen LogP contribution in [-0.2, 0) is 13.6 Å². The Bertz CT molecular complexity index is 385. The lowest BCUT2D eigenvalue weighted by Crippen LogP contribution is -1.95. The van der Waals surface area contributed by atoms with Crippen LogP contribution in [0.3, 0.4) is 0 Å². The van der Waals surface area contributed by atoms with Crippen molar-refractivity contribution in [1.29, 1.82) is 0 Å². The second kappa shape index (κ2) is 8.39. The van der Waals surface area contributed by atoms with E-state index < -0.39 is 6.80 Å². The molecule has 0 amide bonds. The first-order chi connectivity index (χ1) is 8.59. The minimum Gasteiger partial charge on any atom is -0.301 e. The van der Waals surface area contributed by atoms with E-state index in [2.05, 4.69) is 15.9 Å². The van der Waals surface area contributed by atoms with E-state index in [-0.39, 0.29) is 0 Å². The van der Waals surface area contributed by atoms with E-state index in [9.17, 15) is 4.57 Å². The number of hydrogen-bond donors (Lipinski definition) is 0. The summed E-state index contributed by atoms with van der Waals surface area (Å²) in [5.41, 5.74) is 0. The molecule has 0 spiro atoms. The summed E-state index contributed by atoms with van der Waals surface area (Å²) in [5.74, 6) is 0. The fourth-order valence-electron chi connectivity index (χ4n) is 1.12. The van der Waals surface area contributed by atoms with Crippen LogP contribution >= 0.6 is 34.1 Å². The van der Waals surface area contributed by atoms with Crippen LogP contribution < -0.4 is 0 Å². The number of hydrogen-bond acceptors (Lipinski definition) is 4. The third-order valence-corrected chi connectivity index (χ3v) is 6.11. The first-order valence-corrected chi connectivity index (χ1v) is 9.69. The van der Waals surface area contributed by atoms with E-state index in [0.717, 1.165) is 22.2 Å². The lowest BCUT2D eigenvalue weighted by atomic mass is 10.4. The summed E-state index contributed by atoms with van der Waals surface area (Å²) in [7, 11) is 0. The maximum atomic E-state index is 12.5. The second-order valence-electron chi connectivity index (χ2n) is 3.66. The Kier molecular flexibility index (Phi) is 7.57. The van der Waals surface area contributed by atoms with Gasteiger partial charge in [0, 0.05) is 9.37 Å². The van der Waals surface area contributed by atoms with Gasteiger partial charge in [-0.05, 0) is 48.5 Å². The lowest BCUT2D eigenvalue weighted by Gasteiger charge is -2.17. The number of halogens is 1. The zero-order valence-corrected chi connectivity index (χ0v) is 13.9. The standard InChI is InChI=1S/C12H18BrO3PS/c1-3-9-15-17(14,16-10-4-2)18-12-7-5-11(13)6-8-12/h5-8H,3-4,9-10H2,1-2H3. The third-order valence-electron chi connectivity index (χ3n) is 1.94. The first kappa shape index (κ1) is 16.3. The fraction of sp³-hybridized carbons (Fsp3) is 0.500. The average molecular weight is 353 g/mol. The Morgan fingerprint density at radius 2 is 1.61 bits per heavy atom. The molecule has 1 aromatic carbocycles. The molecular formula is C12H18BrO3PS. The van der Waals surface area contributed by atoms with Crippen LogP contribution in [0.4, 0.5) is 0 Å². The molecule has 0 bridgehead atoms. The van der Waals surface area contributed by atoms with Crippen molar-refractivity contribution in [2.24, 2.45) is 0 Å². The van der Waals surface area contributed by atoms with Gasteiger partial charge in [-0.1, -0.05) is 29.8 Å². The molecular weight excluding hydrogens is 335 g/mol. The van der Waals surface area contributed by atoms with Gasteiger partial charge in [-0.3, -0.25) is 0 Å². The molecule has 18 heavy (non-hydrogen) atoms. The summed E-state index contributed by atoms with van der Waals surface area (Å²) in [5, 5.41) is 0. The summed E-state index contributed by atoms with van der Waals surface area (Å²) in [6.07, 6.45) is 1.64. The molecule has 0 saturated heterocycles. The van der Waals surface area contributed by atoms with Gasteiger partial charge in [0.25, 0.3) is 0 Å². The van der Waals surface area contributed by atoms with E-state index in [1.54, 1.807) is 0 Å². The Hall–Kier alpha value is 0.200. The largest absolute Gasteiger partial charge is 0.393 e. The van der Waals surface area contributed by atoms with Crippen molar-refractivity contribution in [2.75, 3.05) is 13.2 Å². The van der Waals surface area contributed by atoms with E-state index in [0.29, 0.717) is 13.2 Å². The summed E-state index contributed by atoms with van der Waals surface area (Å²) in [6.45, 7) is 1.77. The molecule has 6 heteroatoms. The Morgan fingerprint density at radius 3 is 2.06 bits per heavy atom. The van der Waals surface area contributed by atoms with E-state index in [1.165, 1.54) is 11.4 Å². The van der Waals surface area contributed by atoms with Crippen molar-refractivity contribution in [1.82, 2.24) is 0 Å². The van der Waals surface area contributed by atoms with Gasteiger partial charge < -0.3 is 9.05 Å². The van der Waals surface area contributed by atoms with E-state index in [1.807, 2.05) is 38.1 Å². The van der Waals surface area contributed by atoms with Crippen molar-refractivity contribution in [3.05, 3.63) is 28.7 Å². The molecule has 0 heterocycles. The Balaban J connectivity index is 2.70. The predicted molar refractivity (Wildman–Crippen MR) is 80.1 cm³/mol. The van der Waals surface area contributed by atoms with Crippen molar-refractivity contribution in [3.63, 3.8) is 0 Å². The highest BCUT2D eigenvalue weighted by atomic mass is 79.9. The summed E-state index contributed by atoms with van der Waals surface area (Å²) >= 11 is 4.54. The van der Waals surface area contributed by atoms with Crippen LogP contribution in [0, 0.1) is 0 Å².